The first-order chi connectivity index (χ1) is 10.2. The van der Waals surface area contributed by atoms with Gasteiger partial charge in [0, 0.05) is 19.0 Å². The summed E-state index contributed by atoms with van der Waals surface area (Å²) in [6.45, 7) is 5.69. The maximum Gasteiger partial charge on any atom is 0.223 e. The lowest BCUT2D eigenvalue weighted by Crippen LogP contribution is -2.25. The van der Waals surface area contributed by atoms with E-state index in [2.05, 4.69) is 35.4 Å². The normalized spacial score (nSPS) is 17.6. The monoisotopic (exact) mass is 287 g/mol. The Labute approximate surface area is 124 Å². The second-order valence-electron chi connectivity index (χ2n) is 5.71. The van der Waals surface area contributed by atoms with Crippen molar-refractivity contribution in [2.45, 2.75) is 38.6 Å². The Bertz CT molecular complexity index is 595. The molecule has 2 aromatic rings. The van der Waals surface area contributed by atoms with Crippen molar-refractivity contribution < 1.29 is 9.15 Å². The van der Waals surface area contributed by atoms with Gasteiger partial charge in [-0.25, -0.2) is 0 Å². The first-order valence-electron chi connectivity index (χ1n) is 7.48. The van der Waals surface area contributed by atoms with Gasteiger partial charge in [0.15, 0.2) is 0 Å². The van der Waals surface area contributed by atoms with Crippen LogP contribution in [-0.4, -0.2) is 29.4 Å². The Morgan fingerprint density at radius 1 is 1.29 bits per heavy atom. The molecule has 1 aromatic carbocycles. The van der Waals surface area contributed by atoms with Crippen molar-refractivity contribution in [3.05, 3.63) is 41.6 Å². The molecule has 0 aliphatic carbocycles. The number of hydrogen-bond donors (Lipinski definition) is 1. The van der Waals surface area contributed by atoms with Crippen LogP contribution < -0.4 is 10.1 Å². The lowest BCUT2D eigenvalue weighted by molar-refractivity contribution is 0.239. The van der Waals surface area contributed by atoms with Gasteiger partial charge in [-0.1, -0.05) is 32.0 Å². The van der Waals surface area contributed by atoms with Crippen molar-refractivity contribution in [3.63, 3.8) is 0 Å². The molecule has 1 unspecified atom stereocenters. The largest absolute Gasteiger partial charge is 0.492 e. The molecule has 0 saturated carbocycles. The fourth-order valence-electron chi connectivity index (χ4n) is 2.49. The zero-order chi connectivity index (χ0) is 14.7. The molecule has 0 fully saturated rings. The van der Waals surface area contributed by atoms with Crippen LogP contribution in [-0.2, 0) is 12.8 Å². The first-order valence-corrected chi connectivity index (χ1v) is 7.48. The zero-order valence-electron chi connectivity index (χ0n) is 12.5. The fourth-order valence-corrected chi connectivity index (χ4v) is 2.49. The molecule has 1 aliphatic rings. The standard InChI is InChI=1S/C16H21N3O2/c1-11(2)17-8-7-15-18-19-16(21-15)13-9-12-5-3-4-6-14(12)20-10-13/h3-6,11,13,17H,7-10H2,1-2H3. The number of hydrogen-bond acceptors (Lipinski definition) is 5. The van der Waals surface area contributed by atoms with Gasteiger partial charge < -0.3 is 14.5 Å². The van der Waals surface area contributed by atoms with Crippen LogP contribution in [0.3, 0.4) is 0 Å². The summed E-state index contributed by atoms with van der Waals surface area (Å²) in [6, 6.07) is 8.58. The van der Waals surface area contributed by atoms with Gasteiger partial charge in [-0.3, -0.25) is 0 Å². The Kier molecular flexibility index (Phi) is 4.20. The number of aromatic nitrogens is 2. The molecule has 0 saturated heterocycles. The van der Waals surface area contributed by atoms with E-state index in [1.54, 1.807) is 0 Å². The number of nitrogens with one attached hydrogen (secondary N) is 1. The summed E-state index contributed by atoms with van der Waals surface area (Å²) in [5.41, 5.74) is 1.20. The van der Waals surface area contributed by atoms with Crippen LogP contribution in [0.25, 0.3) is 0 Å². The summed E-state index contributed by atoms with van der Waals surface area (Å²) >= 11 is 0. The molecule has 0 radical (unpaired) electrons. The van der Waals surface area contributed by atoms with Crippen LogP contribution in [0.5, 0.6) is 5.75 Å². The van der Waals surface area contributed by atoms with Crippen LogP contribution in [0, 0.1) is 0 Å². The summed E-state index contributed by atoms with van der Waals surface area (Å²) in [5, 5.41) is 11.7. The van der Waals surface area contributed by atoms with E-state index in [4.69, 9.17) is 9.15 Å². The Hall–Kier alpha value is -1.88. The van der Waals surface area contributed by atoms with Gasteiger partial charge in [-0.15, -0.1) is 10.2 Å². The maximum atomic E-state index is 5.78. The third-order valence-electron chi connectivity index (χ3n) is 3.60. The van der Waals surface area contributed by atoms with Gasteiger partial charge in [0.2, 0.25) is 11.8 Å². The van der Waals surface area contributed by atoms with E-state index in [0.29, 0.717) is 24.4 Å². The van der Waals surface area contributed by atoms with E-state index in [-0.39, 0.29) is 5.92 Å². The summed E-state index contributed by atoms with van der Waals surface area (Å²) < 4.78 is 11.5. The minimum Gasteiger partial charge on any atom is -0.492 e. The van der Waals surface area contributed by atoms with Gasteiger partial charge in [0.05, 0.1) is 5.92 Å². The highest BCUT2D eigenvalue weighted by Gasteiger charge is 2.25. The number of rotatable bonds is 5. The van der Waals surface area contributed by atoms with Gasteiger partial charge >= 0.3 is 0 Å². The molecule has 1 aliphatic heterocycles. The average molecular weight is 287 g/mol. The minimum atomic E-state index is 0.152. The Morgan fingerprint density at radius 2 is 2.14 bits per heavy atom. The van der Waals surface area contributed by atoms with E-state index >= 15 is 0 Å². The van der Waals surface area contributed by atoms with Crippen molar-refractivity contribution in [2.24, 2.45) is 0 Å². The minimum absolute atomic E-state index is 0.152. The van der Waals surface area contributed by atoms with Gasteiger partial charge in [-0.2, -0.15) is 0 Å². The molecule has 3 rings (SSSR count). The highest BCUT2D eigenvalue weighted by molar-refractivity contribution is 5.36. The molecule has 112 valence electrons. The average Bonchev–Trinajstić information content (AvgIpc) is 2.95. The molecule has 5 nitrogen and oxygen atoms in total. The van der Waals surface area contributed by atoms with E-state index in [9.17, 15) is 0 Å². The van der Waals surface area contributed by atoms with Crippen LogP contribution >= 0.6 is 0 Å². The molecule has 0 amide bonds. The number of benzene rings is 1. The highest BCUT2D eigenvalue weighted by Crippen LogP contribution is 2.31. The fraction of sp³-hybridized carbons (Fsp3) is 0.500. The summed E-state index contributed by atoms with van der Waals surface area (Å²) in [5.74, 6) is 2.50. The van der Waals surface area contributed by atoms with Crippen molar-refractivity contribution in [1.29, 1.82) is 0 Å². The number of fused-ring (bicyclic) bond motifs is 1. The zero-order valence-corrected chi connectivity index (χ0v) is 12.5. The lowest BCUT2D eigenvalue weighted by atomic mass is 9.97. The third-order valence-corrected chi connectivity index (χ3v) is 3.60. The molecule has 1 N–H and O–H groups in total. The van der Waals surface area contributed by atoms with E-state index < -0.39 is 0 Å². The van der Waals surface area contributed by atoms with Crippen molar-refractivity contribution in [3.8, 4) is 5.75 Å². The van der Waals surface area contributed by atoms with Gasteiger partial charge in [0.1, 0.15) is 12.4 Å². The van der Waals surface area contributed by atoms with E-state index in [1.807, 2.05) is 18.2 Å². The van der Waals surface area contributed by atoms with Crippen molar-refractivity contribution in [1.82, 2.24) is 15.5 Å². The number of nitrogens with zero attached hydrogens (tertiary/aromatic N) is 2. The molecular formula is C16H21N3O2. The summed E-state index contributed by atoms with van der Waals surface area (Å²) in [6.07, 6.45) is 1.65. The molecule has 0 bridgehead atoms. The predicted octanol–water partition coefficient (Wildman–Crippen LogP) is 2.33. The molecule has 1 aromatic heterocycles. The Morgan fingerprint density at radius 3 is 3.00 bits per heavy atom. The second kappa shape index (κ2) is 6.26. The molecule has 2 heterocycles. The summed E-state index contributed by atoms with van der Waals surface area (Å²) in [4.78, 5) is 0. The molecule has 0 spiro atoms. The molecule has 1 atom stereocenters. The predicted molar refractivity (Wildman–Crippen MR) is 79.5 cm³/mol. The van der Waals surface area contributed by atoms with Crippen LogP contribution in [0.4, 0.5) is 0 Å². The second-order valence-corrected chi connectivity index (χ2v) is 5.71. The van der Waals surface area contributed by atoms with Gasteiger partial charge in [-0.05, 0) is 18.1 Å². The van der Waals surface area contributed by atoms with E-state index in [1.165, 1.54) is 5.56 Å². The lowest BCUT2D eigenvalue weighted by Gasteiger charge is -2.22. The SMILES string of the molecule is CC(C)NCCc1nnc(C2COc3ccccc3C2)o1. The first kappa shape index (κ1) is 14.1. The van der Waals surface area contributed by atoms with Crippen LogP contribution in [0.2, 0.25) is 0 Å². The van der Waals surface area contributed by atoms with Gasteiger partial charge in [0.25, 0.3) is 0 Å². The highest BCUT2D eigenvalue weighted by atomic mass is 16.5. The summed E-state index contributed by atoms with van der Waals surface area (Å²) in [7, 11) is 0. The smallest absolute Gasteiger partial charge is 0.223 e. The quantitative estimate of drug-likeness (QED) is 0.914. The topological polar surface area (TPSA) is 60.2 Å². The Balaban J connectivity index is 1.62. The number of ether oxygens (including phenoxy) is 1. The van der Waals surface area contributed by atoms with Crippen molar-refractivity contribution >= 4 is 0 Å². The van der Waals surface area contributed by atoms with Crippen LogP contribution in [0.1, 0.15) is 37.1 Å². The van der Waals surface area contributed by atoms with Crippen LogP contribution in [0.15, 0.2) is 28.7 Å². The number of para-hydroxylation sites is 1. The maximum absolute atomic E-state index is 5.78. The molecular weight excluding hydrogens is 266 g/mol. The third kappa shape index (κ3) is 3.42. The van der Waals surface area contributed by atoms with E-state index in [0.717, 1.165) is 25.1 Å². The molecule has 21 heavy (non-hydrogen) atoms. The molecule has 5 heteroatoms. The van der Waals surface area contributed by atoms with Crippen molar-refractivity contribution in [2.75, 3.05) is 13.2 Å².